The highest BCUT2D eigenvalue weighted by Gasteiger charge is 2.11. The van der Waals surface area contributed by atoms with Crippen LogP contribution in [0.25, 0.3) is 0 Å². The van der Waals surface area contributed by atoms with Crippen molar-refractivity contribution in [2.45, 2.75) is 26.2 Å². The lowest BCUT2D eigenvalue weighted by atomic mass is 10.00. The summed E-state index contributed by atoms with van der Waals surface area (Å²) in [6.07, 6.45) is 4.63. The van der Waals surface area contributed by atoms with Crippen molar-refractivity contribution in [1.29, 1.82) is 0 Å². The molecule has 5 nitrogen and oxygen atoms in total. The van der Waals surface area contributed by atoms with Gasteiger partial charge < -0.3 is 15.6 Å². The fraction of sp³-hybridized carbons (Fsp3) is 0.571. The van der Waals surface area contributed by atoms with Crippen molar-refractivity contribution in [3.63, 3.8) is 0 Å². The maximum atomic E-state index is 11.9. The summed E-state index contributed by atoms with van der Waals surface area (Å²) in [4.78, 5) is 23.4. The zero-order valence-corrected chi connectivity index (χ0v) is 11.7. The summed E-state index contributed by atoms with van der Waals surface area (Å²) in [5.41, 5.74) is 5.78. The summed E-state index contributed by atoms with van der Waals surface area (Å²) in [5, 5.41) is 2.87. The Balaban J connectivity index is 2.58. The molecular formula is C14H23N3O2. The third-order valence-electron chi connectivity index (χ3n) is 3.19. The van der Waals surface area contributed by atoms with Crippen LogP contribution in [0.4, 0.5) is 0 Å². The molecule has 3 N–H and O–H groups in total. The Morgan fingerprint density at radius 1 is 1.47 bits per heavy atom. The Morgan fingerprint density at radius 3 is 2.79 bits per heavy atom. The number of rotatable bonds is 7. The van der Waals surface area contributed by atoms with E-state index in [4.69, 9.17) is 5.73 Å². The minimum absolute atomic E-state index is 0.181. The quantitative estimate of drug-likeness (QED) is 0.768. The summed E-state index contributed by atoms with van der Waals surface area (Å²) in [7, 11) is 1.66. The highest BCUT2D eigenvalue weighted by molar-refractivity contribution is 5.93. The fourth-order valence-electron chi connectivity index (χ4n) is 2.02. The van der Waals surface area contributed by atoms with E-state index in [9.17, 15) is 9.59 Å². The largest absolute Gasteiger partial charge is 0.352 e. The van der Waals surface area contributed by atoms with Gasteiger partial charge in [-0.15, -0.1) is 0 Å². The van der Waals surface area contributed by atoms with E-state index in [1.54, 1.807) is 19.3 Å². The lowest BCUT2D eigenvalue weighted by molar-refractivity contribution is 0.0945. The van der Waals surface area contributed by atoms with Crippen molar-refractivity contribution in [2.75, 3.05) is 13.1 Å². The number of carbonyl (C=O) groups is 1. The predicted molar refractivity (Wildman–Crippen MR) is 76.1 cm³/mol. The molecule has 1 unspecified atom stereocenters. The molecule has 1 aromatic rings. The Bertz CT molecular complexity index is 462. The van der Waals surface area contributed by atoms with E-state index in [0.29, 0.717) is 24.6 Å². The van der Waals surface area contributed by atoms with Crippen LogP contribution in [0.3, 0.4) is 0 Å². The van der Waals surface area contributed by atoms with Gasteiger partial charge in [-0.05, 0) is 31.4 Å². The summed E-state index contributed by atoms with van der Waals surface area (Å²) in [6, 6.07) is 3.00. The molecule has 106 valence electrons. The number of nitrogens with zero attached hydrogens (tertiary/aromatic N) is 1. The molecule has 0 radical (unpaired) electrons. The van der Waals surface area contributed by atoms with E-state index in [0.717, 1.165) is 19.3 Å². The summed E-state index contributed by atoms with van der Waals surface area (Å²) in [5.74, 6) is 0.210. The van der Waals surface area contributed by atoms with Crippen molar-refractivity contribution < 1.29 is 4.79 Å². The molecule has 0 aliphatic rings. The second-order valence-corrected chi connectivity index (χ2v) is 4.81. The van der Waals surface area contributed by atoms with Gasteiger partial charge in [0, 0.05) is 31.4 Å². The molecule has 19 heavy (non-hydrogen) atoms. The molecule has 0 fully saturated rings. The predicted octanol–water partition coefficient (Wildman–Crippen LogP) is 0.880. The van der Waals surface area contributed by atoms with Gasteiger partial charge in [-0.25, -0.2) is 0 Å². The SMILES string of the molecule is CCCC(CCN)CNC(=O)c1ccn(C)c(=O)c1. The maximum Gasteiger partial charge on any atom is 0.251 e. The van der Waals surface area contributed by atoms with Gasteiger partial charge in [0.25, 0.3) is 11.5 Å². The van der Waals surface area contributed by atoms with Crippen LogP contribution in [0, 0.1) is 5.92 Å². The maximum absolute atomic E-state index is 11.9. The zero-order valence-electron chi connectivity index (χ0n) is 11.7. The van der Waals surface area contributed by atoms with Crippen molar-refractivity contribution >= 4 is 5.91 Å². The van der Waals surface area contributed by atoms with Crippen molar-refractivity contribution in [1.82, 2.24) is 9.88 Å². The molecule has 1 atom stereocenters. The smallest absolute Gasteiger partial charge is 0.251 e. The number of aromatic nitrogens is 1. The number of amides is 1. The average molecular weight is 265 g/mol. The van der Waals surface area contributed by atoms with Crippen LogP contribution in [0.5, 0.6) is 0 Å². The molecule has 1 rings (SSSR count). The van der Waals surface area contributed by atoms with Gasteiger partial charge in [-0.1, -0.05) is 13.3 Å². The highest BCUT2D eigenvalue weighted by atomic mass is 16.2. The standard InChI is InChI=1S/C14H23N3O2/c1-3-4-11(5-7-15)10-16-14(19)12-6-8-17(2)13(18)9-12/h6,8-9,11H,3-5,7,10,15H2,1-2H3,(H,16,19). The van der Waals surface area contributed by atoms with E-state index < -0.39 is 0 Å². The first kappa shape index (κ1) is 15.4. The van der Waals surface area contributed by atoms with Crippen LogP contribution in [0.2, 0.25) is 0 Å². The first-order valence-corrected chi connectivity index (χ1v) is 6.73. The van der Waals surface area contributed by atoms with Crippen LogP contribution < -0.4 is 16.6 Å². The van der Waals surface area contributed by atoms with E-state index in [1.807, 2.05) is 0 Å². The number of nitrogens with two attached hydrogens (primary N) is 1. The van der Waals surface area contributed by atoms with Gasteiger partial charge in [-0.2, -0.15) is 0 Å². The molecule has 1 heterocycles. The number of carbonyl (C=O) groups excluding carboxylic acids is 1. The monoisotopic (exact) mass is 265 g/mol. The highest BCUT2D eigenvalue weighted by Crippen LogP contribution is 2.09. The lowest BCUT2D eigenvalue weighted by Crippen LogP contribution is -2.31. The third-order valence-corrected chi connectivity index (χ3v) is 3.19. The molecule has 0 bridgehead atoms. The van der Waals surface area contributed by atoms with Crippen LogP contribution in [0.1, 0.15) is 36.5 Å². The molecule has 5 heteroatoms. The first-order valence-electron chi connectivity index (χ1n) is 6.73. The first-order chi connectivity index (χ1) is 9.08. The van der Waals surface area contributed by atoms with Crippen LogP contribution >= 0.6 is 0 Å². The molecule has 0 aliphatic heterocycles. The normalized spacial score (nSPS) is 12.2. The van der Waals surface area contributed by atoms with Crippen molar-refractivity contribution in [2.24, 2.45) is 18.7 Å². The second kappa shape index (κ2) is 7.74. The summed E-state index contributed by atoms with van der Waals surface area (Å²) < 4.78 is 1.44. The van der Waals surface area contributed by atoms with E-state index in [-0.39, 0.29) is 11.5 Å². The zero-order chi connectivity index (χ0) is 14.3. The minimum Gasteiger partial charge on any atom is -0.352 e. The minimum atomic E-state index is -0.198. The number of nitrogens with one attached hydrogen (secondary N) is 1. The van der Waals surface area contributed by atoms with Crippen molar-refractivity contribution in [3.8, 4) is 0 Å². The van der Waals surface area contributed by atoms with E-state index in [1.165, 1.54) is 10.6 Å². The molecule has 0 aromatic carbocycles. The molecule has 1 aromatic heterocycles. The fourth-order valence-corrected chi connectivity index (χ4v) is 2.02. The Morgan fingerprint density at radius 2 is 2.21 bits per heavy atom. The van der Waals surface area contributed by atoms with Crippen LogP contribution in [0.15, 0.2) is 23.1 Å². The number of hydrogen-bond donors (Lipinski definition) is 2. The summed E-state index contributed by atoms with van der Waals surface area (Å²) in [6.45, 7) is 3.36. The van der Waals surface area contributed by atoms with Crippen LogP contribution in [-0.2, 0) is 7.05 Å². The van der Waals surface area contributed by atoms with E-state index >= 15 is 0 Å². The molecular weight excluding hydrogens is 242 g/mol. The van der Waals surface area contributed by atoms with E-state index in [2.05, 4.69) is 12.2 Å². The molecule has 1 amide bonds. The molecule has 0 saturated carbocycles. The number of hydrogen-bond acceptors (Lipinski definition) is 3. The number of pyridine rings is 1. The molecule has 0 aliphatic carbocycles. The van der Waals surface area contributed by atoms with Gasteiger partial charge in [0.2, 0.25) is 0 Å². The third kappa shape index (κ3) is 4.87. The van der Waals surface area contributed by atoms with Gasteiger partial charge in [0.05, 0.1) is 0 Å². The van der Waals surface area contributed by atoms with Gasteiger partial charge >= 0.3 is 0 Å². The Hall–Kier alpha value is -1.62. The van der Waals surface area contributed by atoms with Crippen LogP contribution in [-0.4, -0.2) is 23.6 Å². The van der Waals surface area contributed by atoms with Gasteiger partial charge in [-0.3, -0.25) is 9.59 Å². The Kier molecular flexibility index (Phi) is 6.29. The van der Waals surface area contributed by atoms with Crippen molar-refractivity contribution in [3.05, 3.63) is 34.2 Å². The second-order valence-electron chi connectivity index (χ2n) is 4.81. The molecule has 0 spiro atoms. The Labute approximate surface area is 113 Å². The summed E-state index contributed by atoms with van der Waals surface area (Å²) >= 11 is 0. The lowest BCUT2D eigenvalue weighted by Gasteiger charge is -2.15. The average Bonchev–Trinajstić information content (AvgIpc) is 2.39. The van der Waals surface area contributed by atoms with Gasteiger partial charge in [0.15, 0.2) is 0 Å². The topological polar surface area (TPSA) is 77.1 Å². The van der Waals surface area contributed by atoms with Gasteiger partial charge in [0.1, 0.15) is 0 Å². The number of aryl methyl sites for hydroxylation is 1. The molecule has 0 saturated heterocycles.